The number of imide groups is 2. The van der Waals surface area contributed by atoms with E-state index in [1.54, 1.807) is 23.0 Å². The molecule has 1 saturated heterocycles. The van der Waals surface area contributed by atoms with Crippen LogP contribution < -0.4 is 31.9 Å². The van der Waals surface area contributed by atoms with Crippen LogP contribution in [0, 0.1) is 0 Å². The molecular weight excluding hydrogens is 966 g/mol. The fourth-order valence-electron chi connectivity index (χ4n) is 7.60. The van der Waals surface area contributed by atoms with Crippen LogP contribution in [0.4, 0.5) is 35.2 Å². The summed E-state index contributed by atoms with van der Waals surface area (Å²) in [7, 11) is 0. The average Bonchev–Trinajstić information content (AvgIpc) is 4.15. The molecule has 24 nitrogen and oxygen atoms in total. The molecule has 4 aromatic heterocycles. The van der Waals surface area contributed by atoms with Gasteiger partial charge in [-0.25, -0.2) is 19.4 Å². The molecule has 8 amide bonds. The van der Waals surface area contributed by atoms with Crippen LogP contribution in [0.2, 0.25) is 0 Å². The normalized spacial score (nSPS) is 14.7. The number of primary amides is 1. The Morgan fingerprint density at radius 2 is 1.74 bits per heavy atom. The summed E-state index contributed by atoms with van der Waals surface area (Å²) < 4.78 is 53.8. The summed E-state index contributed by atoms with van der Waals surface area (Å²) in [5, 5.41) is 23.0. The number of alkyl halides is 3. The SMILES string of the molecule is CC(C)(C)OC(=O)N(CC(F)(F)F)c1cc(-c2nc(C(=O)Nc3cn(-c4ccc(C(=O)NCc5cn(CCCNc6cccc7c6C(=O)N(C6CCC(=O)NC6=O)C7=O)nn5)cc4)nc3C(N)=O)co2)ccn1. The lowest BCUT2D eigenvalue weighted by molar-refractivity contribution is -0.136. The molecule has 73 heavy (non-hydrogen) atoms. The van der Waals surface area contributed by atoms with Gasteiger partial charge in [-0.2, -0.15) is 18.3 Å². The molecule has 27 heteroatoms. The zero-order valence-corrected chi connectivity index (χ0v) is 38.9. The average molecular weight is 1010 g/mol. The number of hydrogen-bond donors (Lipinski definition) is 5. The Labute approximate surface area is 410 Å². The van der Waals surface area contributed by atoms with Gasteiger partial charge in [-0.1, -0.05) is 11.3 Å². The Hall–Kier alpha value is -9.30. The third kappa shape index (κ3) is 11.5. The van der Waals surface area contributed by atoms with E-state index in [4.69, 9.17) is 14.9 Å². The number of nitrogens with two attached hydrogens (primary N) is 1. The standard InChI is InChI=1S/C46H43F3N14O10/c1-45(2,3)73-44(71)61(23-46(47,48)49)33-18-25(14-16-52-33)41-55-31(22-72-41)39(67)54-30-21-62(58-36(30)37(50)65)27-10-8-24(9-11-27)38(66)53-19-26-20-60(59-57-26)17-5-15-51-29-7-4-6-28-35(29)43(70)63(42(28)69)32-12-13-34(64)56-40(32)68/h4,6-11,14,16,18,20-22,32,51H,5,12-13,15,17,19,23H2,1-3H3,(H2,50,65)(H,53,66)(H,54,67)(H,56,64,68). The van der Waals surface area contributed by atoms with Crippen LogP contribution in [0.3, 0.4) is 0 Å². The van der Waals surface area contributed by atoms with Gasteiger partial charge in [0.05, 0.1) is 41.4 Å². The molecule has 6 heterocycles. The largest absolute Gasteiger partial charge is 0.444 e. The maximum Gasteiger partial charge on any atom is 0.416 e. The fourth-order valence-corrected chi connectivity index (χ4v) is 7.60. The van der Waals surface area contributed by atoms with Crippen molar-refractivity contribution in [2.75, 3.05) is 28.6 Å². The number of pyridine rings is 1. The number of carbonyl (C=O) groups is 8. The number of fused-ring (bicyclic) bond motifs is 1. The van der Waals surface area contributed by atoms with Gasteiger partial charge in [0.25, 0.3) is 29.5 Å². The molecule has 1 atom stereocenters. The summed E-state index contributed by atoms with van der Waals surface area (Å²) in [4.78, 5) is 111. The molecule has 2 aliphatic heterocycles. The quantitative estimate of drug-likeness (QED) is 0.0676. The number of aromatic nitrogens is 7. The summed E-state index contributed by atoms with van der Waals surface area (Å²) in [6.45, 7) is 3.57. The molecule has 1 unspecified atom stereocenters. The summed E-state index contributed by atoms with van der Waals surface area (Å²) in [5.41, 5.74) is 5.57. The fraction of sp³-hybridized carbons (Fsp3) is 0.283. The number of oxazole rings is 1. The van der Waals surface area contributed by atoms with E-state index in [1.165, 1.54) is 68.0 Å². The van der Waals surface area contributed by atoms with E-state index >= 15 is 0 Å². The number of rotatable bonds is 16. The zero-order valence-electron chi connectivity index (χ0n) is 38.9. The maximum atomic E-state index is 13.5. The Morgan fingerprint density at radius 1 is 0.973 bits per heavy atom. The molecule has 0 saturated carbocycles. The van der Waals surface area contributed by atoms with Gasteiger partial charge >= 0.3 is 12.3 Å². The minimum absolute atomic E-state index is 0.0106. The van der Waals surface area contributed by atoms with E-state index in [0.29, 0.717) is 41.5 Å². The lowest BCUT2D eigenvalue weighted by Crippen LogP contribution is -2.54. The van der Waals surface area contributed by atoms with E-state index in [0.717, 1.165) is 23.4 Å². The molecule has 1 fully saturated rings. The van der Waals surface area contributed by atoms with Gasteiger partial charge in [-0.3, -0.25) is 53.4 Å². The first-order valence-corrected chi connectivity index (χ1v) is 22.2. The van der Waals surface area contributed by atoms with Crippen molar-refractivity contribution >= 4 is 64.6 Å². The number of nitrogens with zero attached hydrogens (tertiary/aromatic N) is 9. The Kier molecular flexibility index (Phi) is 13.9. The second-order valence-corrected chi connectivity index (χ2v) is 17.4. The first-order valence-electron chi connectivity index (χ1n) is 22.2. The van der Waals surface area contributed by atoms with Gasteiger partial charge < -0.3 is 30.8 Å². The number of benzene rings is 2. The Bertz CT molecular complexity index is 3180. The van der Waals surface area contributed by atoms with Crippen molar-refractivity contribution < 1.29 is 60.7 Å². The summed E-state index contributed by atoms with van der Waals surface area (Å²) in [5.74, 6) is -5.36. The number of hydrogen-bond acceptors (Lipinski definition) is 16. The molecule has 2 aromatic carbocycles. The highest BCUT2D eigenvalue weighted by Crippen LogP contribution is 2.33. The van der Waals surface area contributed by atoms with Gasteiger partial charge in [-0.05, 0) is 82.1 Å². The van der Waals surface area contributed by atoms with Crippen LogP contribution in [-0.4, -0.2) is 118 Å². The van der Waals surface area contributed by atoms with E-state index in [-0.39, 0.29) is 64.6 Å². The first-order chi connectivity index (χ1) is 34.6. The minimum Gasteiger partial charge on any atom is -0.444 e. The molecule has 2 aliphatic rings. The zero-order chi connectivity index (χ0) is 52.4. The van der Waals surface area contributed by atoms with Gasteiger partial charge in [0.2, 0.25) is 17.7 Å². The van der Waals surface area contributed by atoms with Crippen molar-refractivity contribution in [1.29, 1.82) is 0 Å². The second kappa shape index (κ2) is 20.2. The molecule has 6 N–H and O–H groups in total. The number of aryl methyl sites for hydroxylation is 1. The summed E-state index contributed by atoms with van der Waals surface area (Å²) in [6, 6.07) is 12.2. The number of halogens is 3. The minimum atomic E-state index is -4.81. The van der Waals surface area contributed by atoms with Crippen LogP contribution in [0.5, 0.6) is 0 Å². The highest BCUT2D eigenvalue weighted by Gasteiger charge is 2.45. The van der Waals surface area contributed by atoms with Crippen molar-refractivity contribution in [3.63, 3.8) is 0 Å². The molecule has 378 valence electrons. The second-order valence-electron chi connectivity index (χ2n) is 17.4. The molecular formula is C46H43F3N14O10. The molecule has 0 aliphatic carbocycles. The number of anilines is 3. The third-order valence-corrected chi connectivity index (χ3v) is 10.9. The lowest BCUT2D eigenvalue weighted by Gasteiger charge is -2.27. The number of carbonyl (C=O) groups excluding carboxylic acids is 8. The topological polar surface area (TPSA) is 314 Å². The van der Waals surface area contributed by atoms with Gasteiger partial charge in [0.1, 0.15) is 36.0 Å². The van der Waals surface area contributed by atoms with Crippen molar-refractivity contribution in [3.8, 4) is 17.1 Å². The van der Waals surface area contributed by atoms with Crippen LogP contribution in [0.25, 0.3) is 17.1 Å². The number of amides is 8. The third-order valence-electron chi connectivity index (χ3n) is 10.9. The molecule has 0 radical (unpaired) electrons. The molecule has 0 bridgehead atoms. The van der Waals surface area contributed by atoms with E-state index in [2.05, 4.69) is 46.6 Å². The van der Waals surface area contributed by atoms with Crippen LogP contribution in [0.1, 0.15) is 97.8 Å². The van der Waals surface area contributed by atoms with Crippen LogP contribution in [0.15, 0.2) is 83.9 Å². The molecule has 8 rings (SSSR count). The van der Waals surface area contributed by atoms with Gasteiger partial charge in [0, 0.05) is 42.5 Å². The predicted molar refractivity (Wildman–Crippen MR) is 247 cm³/mol. The van der Waals surface area contributed by atoms with Gasteiger partial charge in [0.15, 0.2) is 11.4 Å². The van der Waals surface area contributed by atoms with E-state index in [9.17, 15) is 51.5 Å². The van der Waals surface area contributed by atoms with E-state index < -0.39 is 77.6 Å². The Balaban J connectivity index is 0.834. The number of nitrogens with one attached hydrogen (secondary N) is 4. The van der Waals surface area contributed by atoms with E-state index in [1.807, 2.05) is 0 Å². The van der Waals surface area contributed by atoms with Crippen LogP contribution in [-0.2, 0) is 27.4 Å². The number of piperidine rings is 1. The monoisotopic (exact) mass is 1010 g/mol. The molecule has 6 aromatic rings. The summed E-state index contributed by atoms with van der Waals surface area (Å²) >= 11 is 0. The summed E-state index contributed by atoms with van der Waals surface area (Å²) in [6.07, 6.45) is -0.502. The lowest BCUT2D eigenvalue weighted by atomic mass is 10.0. The first kappa shape index (κ1) is 50.1. The van der Waals surface area contributed by atoms with Crippen molar-refractivity contribution in [3.05, 3.63) is 113 Å². The highest BCUT2D eigenvalue weighted by atomic mass is 19.4. The van der Waals surface area contributed by atoms with Crippen molar-refractivity contribution in [2.24, 2.45) is 5.73 Å². The predicted octanol–water partition coefficient (Wildman–Crippen LogP) is 4.00. The van der Waals surface area contributed by atoms with Crippen molar-refractivity contribution in [2.45, 2.75) is 70.9 Å². The number of ether oxygens (including phenoxy) is 1. The highest BCUT2D eigenvalue weighted by molar-refractivity contribution is 6.25. The van der Waals surface area contributed by atoms with Crippen LogP contribution >= 0.6 is 0 Å². The molecule has 0 spiro atoms. The maximum absolute atomic E-state index is 13.5. The Morgan fingerprint density at radius 3 is 2.45 bits per heavy atom. The smallest absolute Gasteiger partial charge is 0.416 e. The van der Waals surface area contributed by atoms with Crippen molar-refractivity contribution in [1.82, 2.24) is 50.3 Å². The van der Waals surface area contributed by atoms with Gasteiger partial charge in [-0.15, -0.1) is 5.10 Å².